The summed E-state index contributed by atoms with van der Waals surface area (Å²) in [6, 6.07) is 1.44. The lowest BCUT2D eigenvalue weighted by molar-refractivity contribution is 0.0590. The van der Waals surface area contributed by atoms with Gasteiger partial charge >= 0.3 is 5.97 Å². The van der Waals surface area contributed by atoms with Crippen LogP contribution in [0.1, 0.15) is 10.5 Å². The number of hydrogen-bond acceptors (Lipinski definition) is 7. The quantitative estimate of drug-likeness (QED) is 0.856. The molecular weight excluding hydrogens is 326 g/mol. The third kappa shape index (κ3) is 2.89. The first-order valence-electron chi connectivity index (χ1n) is 5.10. The van der Waals surface area contributed by atoms with E-state index in [0.717, 1.165) is 18.4 Å². The Labute approximate surface area is 123 Å². The van der Waals surface area contributed by atoms with Crippen molar-refractivity contribution >= 4 is 44.6 Å². The summed E-state index contributed by atoms with van der Waals surface area (Å²) in [5.74, 6) is -0.830. The summed E-state index contributed by atoms with van der Waals surface area (Å²) in [4.78, 5) is 18.9. The molecule has 0 atom stereocenters. The molecule has 20 heavy (non-hydrogen) atoms. The first-order valence-corrected chi connectivity index (χ1v) is 7.84. The van der Waals surface area contributed by atoms with E-state index in [-0.39, 0.29) is 20.6 Å². The highest BCUT2D eigenvalue weighted by Crippen LogP contribution is 2.26. The van der Waals surface area contributed by atoms with Crippen molar-refractivity contribution in [3.8, 4) is 0 Å². The maximum atomic E-state index is 12.2. The topological polar surface area (TPSA) is 98.2 Å². The van der Waals surface area contributed by atoms with Crippen molar-refractivity contribution in [1.82, 2.24) is 9.97 Å². The van der Waals surface area contributed by atoms with Crippen LogP contribution < -0.4 is 4.72 Å². The minimum atomic E-state index is -4.00. The third-order valence-electron chi connectivity index (χ3n) is 2.17. The lowest BCUT2D eigenvalue weighted by Crippen LogP contribution is -2.16. The number of hydrogen-bond donors (Lipinski definition) is 1. The number of pyridine rings is 1. The van der Waals surface area contributed by atoms with Gasteiger partial charge in [0.1, 0.15) is 0 Å². The minimum absolute atomic E-state index is 0.110. The molecular formula is C10H8ClN3O4S2. The molecule has 0 aliphatic heterocycles. The fourth-order valence-electron chi connectivity index (χ4n) is 1.30. The van der Waals surface area contributed by atoms with E-state index in [2.05, 4.69) is 19.4 Å². The number of esters is 1. The van der Waals surface area contributed by atoms with Crippen molar-refractivity contribution in [1.29, 1.82) is 0 Å². The van der Waals surface area contributed by atoms with Crippen LogP contribution in [-0.2, 0) is 14.8 Å². The zero-order valence-electron chi connectivity index (χ0n) is 10.0. The number of sulfonamides is 1. The number of thiazole rings is 1. The summed E-state index contributed by atoms with van der Waals surface area (Å²) >= 11 is 6.65. The van der Waals surface area contributed by atoms with Crippen LogP contribution in [0.5, 0.6) is 0 Å². The van der Waals surface area contributed by atoms with Crippen LogP contribution in [-0.4, -0.2) is 31.5 Å². The molecule has 0 saturated heterocycles. The van der Waals surface area contributed by atoms with E-state index in [1.165, 1.54) is 24.0 Å². The van der Waals surface area contributed by atoms with Crippen molar-refractivity contribution in [2.75, 3.05) is 11.8 Å². The Morgan fingerprint density at radius 3 is 2.90 bits per heavy atom. The van der Waals surface area contributed by atoms with Crippen LogP contribution in [0.15, 0.2) is 28.2 Å². The minimum Gasteiger partial charge on any atom is -0.464 e. The van der Waals surface area contributed by atoms with E-state index in [4.69, 9.17) is 11.6 Å². The Balaban J connectivity index is 2.40. The number of nitrogens with one attached hydrogen (secondary N) is 1. The number of halogens is 1. The second kappa shape index (κ2) is 5.73. The summed E-state index contributed by atoms with van der Waals surface area (Å²) in [6.07, 6.45) is 2.69. The van der Waals surface area contributed by atoms with Gasteiger partial charge in [0, 0.05) is 6.20 Å². The molecule has 1 N–H and O–H groups in total. The van der Waals surface area contributed by atoms with Crippen LogP contribution in [0.4, 0.5) is 5.69 Å². The first-order chi connectivity index (χ1) is 9.45. The molecule has 10 heteroatoms. The van der Waals surface area contributed by atoms with Gasteiger partial charge in [-0.05, 0) is 6.07 Å². The maximum Gasteiger partial charge on any atom is 0.358 e. The highest BCUT2D eigenvalue weighted by atomic mass is 35.5. The molecule has 0 aliphatic carbocycles. The summed E-state index contributed by atoms with van der Waals surface area (Å²) in [5.41, 5.74) is 1.08. The summed E-state index contributed by atoms with van der Waals surface area (Å²) in [6.45, 7) is 0. The monoisotopic (exact) mass is 333 g/mol. The highest BCUT2D eigenvalue weighted by molar-refractivity contribution is 7.94. The van der Waals surface area contributed by atoms with E-state index >= 15 is 0 Å². The smallest absolute Gasteiger partial charge is 0.358 e. The predicted octanol–water partition coefficient (Wildman–Crippen LogP) is 1.78. The zero-order chi connectivity index (χ0) is 14.8. The molecule has 0 aromatic carbocycles. The van der Waals surface area contributed by atoms with Gasteiger partial charge in [0.2, 0.25) is 0 Å². The van der Waals surface area contributed by atoms with Gasteiger partial charge < -0.3 is 4.74 Å². The number of carbonyl (C=O) groups is 1. The molecule has 0 radical (unpaired) electrons. The van der Waals surface area contributed by atoms with Gasteiger partial charge in [0.25, 0.3) is 10.0 Å². The average molecular weight is 334 g/mol. The molecule has 0 spiro atoms. The second-order valence-corrected chi connectivity index (χ2v) is 6.58. The number of carbonyl (C=O) groups excluding carboxylic acids is 1. The van der Waals surface area contributed by atoms with E-state index < -0.39 is 16.0 Å². The van der Waals surface area contributed by atoms with Gasteiger partial charge in [0.15, 0.2) is 9.90 Å². The number of nitrogens with zero attached hydrogens (tertiary/aromatic N) is 2. The van der Waals surface area contributed by atoms with Crippen molar-refractivity contribution in [2.24, 2.45) is 0 Å². The largest absolute Gasteiger partial charge is 0.464 e. The Bertz CT molecular complexity index is 744. The fraction of sp³-hybridized carbons (Fsp3) is 0.100. The first kappa shape index (κ1) is 14.7. The molecule has 2 heterocycles. The Morgan fingerprint density at radius 1 is 1.50 bits per heavy atom. The molecule has 2 aromatic heterocycles. The lowest BCUT2D eigenvalue weighted by Gasteiger charge is -2.08. The number of anilines is 1. The Morgan fingerprint density at radius 2 is 2.25 bits per heavy atom. The van der Waals surface area contributed by atoms with Crippen LogP contribution >= 0.6 is 22.9 Å². The third-order valence-corrected chi connectivity index (χ3v) is 5.23. The highest BCUT2D eigenvalue weighted by Gasteiger charge is 2.27. The number of ether oxygens (including phenoxy) is 1. The van der Waals surface area contributed by atoms with Crippen LogP contribution in [0.2, 0.25) is 5.02 Å². The van der Waals surface area contributed by atoms with Crippen molar-refractivity contribution < 1.29 is 17.9 Å². The van der Waals surface area contributed by atoms with Gasteiger partial charge in [-0.25, -0.2) is 18.2 Å². The molecule has 0 bridgehead atoms. The van der Waals surface area contributed by atoms with Gasteiger partial charge in [-0.3, -0.25) is 9.71 Å². The predicted molar refractivity (Wildman–Crippen MR) is 73.5 cm³/mol. The molecule has 2 aromatic rings. The van der Waals surface area contributed by atoms with E-state index in [0.29, 0.717) is 0 Å². The van der Waals surface area contributed by atoms with Crippen molar-refractivity contribution in [3.63, 3.8) is 0 Å². The van der Waals surface area contributed by atoms with E-state index in [9.17, 15) is 13.2 Å². The van der Waals surface area contributed by atoms with Crippen molar-refractivity contribution in [3.05, 3.63) is 34.7 Å². The van der Waals surface area contributed by atoms with Gasteiger partial charge in [-0.1, -0.05) is 11.6 Å². The second-order valence-electron chi connectivity index (χ2n) is 3.44. The van der Waals surface area contributed by atoms with E-state index in [1.807, 2.05) is 0 Å². The molecule has 106 valence electrons. The molecule has 0 fully saturated rings. The van der Waals surface area contributed by atoms with Crippen LogP contribution in [0.25, 0.3) is 0 Å². The molecule has 0 aliphatic rings. The molecule has 2 rings (SSSR count). The van der Waals surface area contributed by atoms with Gasteiger partial charge in [0.05, 0.1) is 29.5 Å². The Kier molecular flexibility index (Phi) is 4.21. The molecule has 0 unspecified atom stereocenters. The Hall–Kier alpha value is -1.71. The van der Waals surface area contributed by atoms with E-state index in [1.54, 1.807) is 0 Å². The molecule has 0 amide bonds. The van der Waals surface area contributed by atoms with Crippen molar-refractivity contribution in [2.45, 2.75) is 4.21 Å². The number of aromatic nitrogens is 2. The summed E-state index contributed by atoms with van der Waals surface area (Å²) in [7, 11) is -2.86. The lowest BCUT2D eigenvalue weighted by atomic mass is 10.4. The average Bonchev–Trinajstić information content (AvgIpc) is 2.90. The van der Waals surface area contributed by atoms with Gasteiger partial charge in [-0.2, -0.15) is 0 Å². The number of rotatable bonds is 4. The van der Waals surface area contributed by atoms with Gasteiger partial charge in [-0.15, -0.1) is 11.3 Å². The molecule has 0 saturated carbocycles. The fourth-order valence-corrected chi connectivity index (χ4v) is 3.71. The summed E-state index contributed by atoms with van der Waals surface area (Å²) in [5, 5.41) is 0.188. The zero-order valence-corrected chi connectivity index (χ0v) is 12.4. The SMILES string of the molecule is COC(=O)c1ncsc1S(=O)(=O)Nc1cnccc1Cl. The maximum absolute atomic E-state index is 12.2. The summed E-state index contributed by atoms with van der Waals surface area (Å²) < 4.78 is 30.9. The van der Waals surface area contributed by atoms with Crippen LogP contribution in [0, 0.1) is 0 Å². The standard InChI is InChI=1S/C10H8ClN3O4S2/c1-18-9(15)8-10(19-5-13-8)20(16,17)14-7-4-12-3-2-6(7)11/h2-5,14H,1H3. The molecule has 7 nitrogen and oxygen atoms in total. The normalized spacial score (nSPS) is 11.1. The van der Waals surface area contributed by atoms with Crippen LogP contribution in [0.3, 0.4) is 0 Å². The number of methoxy groups -OCH3 is 1.